The van der Waals surface area contributed by atoms with Crippen LogP contribution in [0.2, 0.25) is 0 Å². The Labute approximate surface area is 170 Å². The average Bonchev–Trinajstić information content (AvgIpc) is 3.25. The van der Waals surface area contributed by atoms with Crippen molar-refractivity contribution in [2.24, 2.45) is 5.92 Å². The predicted octanol–water partition coefficient (Wildman–Crippen LogP) is 2.78. The second kappa shape index (κ2) is 8.04. The van der Waals surface area contributed by atoms with E-state index in [2.05, 4.69) is 39.9 Å². The van der Waals surface area contributed by atoms with Crippen LogP contribution in [0.3, 0.4) is 0 Å². The first-order chi connectivity index (χ1) is 13.5. The summed E-state index contributed by atoms with van der Waals surface area (Å²) in [4.78, 5) is 30.9. The number of hydrogen-bond acceptors (Lipinski definition) is 7. The summed E-state index contributed by atoms with van der Waals surface area (Å²) in [5.41, 5.74) is 6.96. The number of thiophene rings is 1. The Bertz CT molecular complexity index is 1040. The van der Waals surface area contributed by atoms with Crippen molar-refractivity contribution in [1.29, 1.82) is 0 Å². The molecule has 0 saturated heterocycles. The SMILES string of the molecule is Cc1sc2ncn3c(SCC(=O)NNC(=O)C4CCCCC4)nnc3c2c1C. The quantitative estimate of drug-likeness (QED) is 0.499. The topological polar surface area (TPSA) is 101 Å². The number of thioether (sulfide) groups is 1. The molecule has 1 saturated carbocycles. The summed E-state index contributed by atoms with van der Waals surface area (Å²) < 4.78 is 1.81. The van der Waals surface area contributed by atoms with Crippen molar-refractivity contribution in [1.82, 2.24) is 30.4 Å². The number of hydrazine groups is 1. The summed E-state index contributed by atoms with van der Waals surface area (Å²) in [6.45, 7) is 4.12. The molecule has 3 aromatic rings. The molecule has 1 aliphatic rings. The van der Waals surface area contributed by atoms with E-state index in [1.54, 1.807) is 22.1 Å². The summed E-state index contributed by atoms with van der Waals surface area (Å²) >= 11 is 2.90. The molecule has 0 spiro atoms. The molecule has 0 radical (unpaired) electrons. The van der Waals surface area contributed by atoms with Gasteiger partial charge in [-0.05, 0) is 32.3 Å². The van der Waals surface area contributed by atoms with E-state index >= 15 is 0 Å². The van der Waals surface area contributed by atoms with Crippen LogP contribution in [0.25, 0.3) is 15.9 Å². The number of amides is 2. The highest BCUT2D eigenvalue weighted by atomic mass is 32.2. The van der Waals surface area contributed by atoms with E-state index in [9.17, 15) is 9.59 Å². The number of nitrogens with one attached hydrogen (secondary N) is 2. The van der Waals surface area contributed by atoms with E-state index in [0.29, 0.717) is 5.16 Å². The summed E-state index contributed by atoms with van der Waals surface area (Å²) in [5.74, 6) is -0.234. The third-order valence-corrected chi connectivity index (χ3v) is 7.24. The monoisotopic (exact) mass is 418 g/mol. The second-order valence-electron chi connectivity index (χ2n) is 7.05. The largest absolute Gasteiger partial charge is 0.273 e. The summed E-state index contributed by atoms with van der Waals surface area (Å²) in [7, 11) is 0. The van der Waals surface area contributed by atoms with Crippen molar-refractivity contribution >= 4 is 50.8 Å². The zero-order valence-electron chi connectivity index (χ0n) is 15.8. The normalized spacial score (nSPS) is 15.2. The van der Waals surface area contributed by atoms with Gasteiger partial charge in [-0.1, -0.05) is 31.0 Å². The smallest absolute Gasteiger partial charge is 0.248 e. The van der Waals surface area contributed by atoms with Crippen LogP contribution in [0.5, 0.6) is 0 Å². The molecule has 0 atom stereocenters. The number of nitrogens with zero attached hydrogens (tertiary/aromatic N) is 4. The number of carbonyl (C=O) groups is 2. The fraction of sp³-hybridized carbons (Fsp3) is 0.500. The maximum absolute atomic E-state index is 12.1. The molecule has 2 N–H and O–H groups in total. The van der Waals surface area contributed by atoms with Crippen LogP contribution in [-0.4, -0.2) is 37.1 Å². The molecule has 10 heteroatoms. The van der Waals surface area contributed by atoms with Gasteiger partial charge < -0.3 is 0 Å². The lowest BCUT2D eigenvalue weighted by Gasteiger charge is -2.20. The minimum absolute atomic E-state index is 0.00735. The first-order valence-corrected chi connectivity index (χ1v) is 11.2. The molecule has 0 aliphatic heterocycles. The van der Waals surface area contributed by atoms with Crippen LogP contribution in [-0.2, 0) is 9.59 Å². The lowest BCUT2D eigenvalue weighted by atomic mass is 9.89. The van der Waals surface area contributed by atoms with E-state index in [4.69, 9.17) is 0 Å². The van der Waals surface area contributed by atoms with Crippen molar-refractivity contribution in [3.63, 3.8) is 0 Å². The van der Waals surface area contributed by atoms with Gasteiger partial charge in [-0.2, -0.15) is 0 Å². The molecule has 0 bridgehead atoms. The molecule has 8 nitrogen and oxygen atoms in total. The van der Waals surface area contributed by atoms with Crippen LogP contribution in [0.15, 0.2) is 11.5 Å². The molecule has 2 amide bonds. The van der Waals surface area contributed by atoms with Gasteiger partial charge in [0.05, 0.1) is 11.1 Å². The van der Waals surface area contributed by atoms with Gasteiger partial charge in [0.25, 0.3) is 0 Å². The minimum Gasteiger partial charge on any atom is -0.273 e. The number of rotatable bonds is 4. The number of fused-ring (bicyclic) bond motifs is 3. The number of carbonyl (C=O) groups excluding carboxylic acids is 2. The number of aromatic nitrogens is 4. The Morgan fingerprint density at radius 2 is 2.00 bits per heavy atom. The van der Waals surface area contributed by atoms with E-state index in [-0.39, 0.29) is 23.5 Å². The number of hydrogen-bond donors (Lipinski definition) is 2. The highest BCUT2D eigenvalue weighted by molar-refractivity contribution is 7.99. The highest BCUT2D eigenvalue weighted by Gasteiger charge is 2.21. The minimum atomic E-state index is -0.275. The zero-order valence-corrected chi connectivity index (χ0v) is 17.5. The molecule has 3 aromatic heterocycles. The zero-order chi connectivity index (χ0) is 19.7. The molecule has 0 aromatic carbocycles. The van der Waals surface area contributed by atoms with Gasteiger partial charge in [-0.15, -0.1) is 21.5 Å². The third-order valence-electron chi connectivity index (χ3n) is 5.18. The fourth-order valence-corrected chi connectivity index (χ4v) is 5.18. The van der Waals surface area contributed by atoms with Crippen molar-refractivity contribution in [2.45, 2.75) is 51.1 Å². The molecule has 148 valence electrons. The summed E-state index contributed by atoms with van der Waals surface area (Å²) in [5, 5.41) is 10.1. The molecule has 3 heterocycles. The Balaban J connectivity index is 1.38. The molecular weight excluding hydrogens is 396 g/mol. The highest BCUT2D eigenvalue weighted by Crippen LogP contribution is 2.32. The first kappa shape index (κ1) is 19.1. The van der Waals surface area contributed by atoms with E-state index < -0.39 is 0 Å². The Kier molecular flexibility index (Phi) is 5.49. The average molecular weight is 419 g/mol. The Morgan fingerprint density at radius 3 is 2.79 bits per heavy atom. The summed E-state index contributed by atoms with van der Waals surface area (Å²) in [6.07, 6.45) is 6.82. The van der Waals surface area contributed by atoms with Gasteiger partial charge in [0, 0.05) is 10.8 Å². The van der Waals surface area contributed by atoms with Gasteiger partial charge in [-0.25, -0.2) is 4.98 Å². The van der Waals surface area contributed by atoms with Gasteiger partial charge in [-0.3, -0.25) is 24.8 Å². The first-order valence-electron chi connectivity index (χ1n) is 9.35. The molecule has 1 fully saturated rings. The van der Waals surface area contributed by atoms with E-state index in [0.717, 1.165) is 47.1 Å². The summed E-state index contributed by atoms with van der Waals surface area (Å²) in [6, 6.07) is 0. The lowest BCUT2D eigenvalue weighted by molar-refractivity contribution is -0.131. The number of aryl methyl sites for hydroxylation is 2. The van der Waals surface area contributed by atoms with Crippen LogP contribution in [0.4, 0.5) is 0 Å². The van der Waals surface area contributed by atoms with Crippen LogP contribution in [0, 0.1) is 19.8 Å². The maximum Gasteiger partial charge on any atom is 0.248 e. The third kappa shape index (κ3) is 3.70. The molecule has 0 unspecified atom stereocenters. The molecule has 4 rings (SSSR count). The van der Waals surface area contributed by atoms with E-state index in [1.807, 2.05) is 0 Å². The van der Waals surface area contributed by atoms with Gasteiger partial charge in [0.1, 0.15) is 11.2 Å². The van der Waals surface area contributed by atoms with Crippen molar-refractivity contribution in [2.75, 3.05) is 5.75 Å². The lowest BCUT2D eigenvalue weighted by Crippen LogP contribution is -2.45. The fourth-order valence-electron chi connectivity index (χ4n) is 3.49. The van der Waals surface area contributed by atoms with Crippen LogP contribution < -0.4 is 10.9 Å². The Hall–Kier alpha value is -2.20. The second-order valence-corrected chi connectivity index (χ2v) is 9.19. The van der Waals surface area contributed by atoms with Gasteiger partial charge in [0.2, 0.25) is 11.8 Å². The van der Waals surface area contributed by atoms with Crippen molar-refractivity contribution < 1.29 is 9.59 Å². The van der Waals surface area contributed by atoms with Gasteiger partial charge >= 0.3 is 0 Å². The van der Waals surface area contributed by atoms with Gasteiger partial charge in [0.15, 0.2) is 10.8 Å². The van der Waals surface area contributed by atoms with E-state index in [1.165, 1.54) is 23.1 Å². The molecular formula is C18H22N6O2S2. The molecule has 1 aliphatic carbocycles. The van der Waals surface area contributed by atoms with Crippen LogP contribution in [0.1, 0.15) is 42.5 Å². The van der Waals surface area contributed by atoms with Crippen molar-refractivity contribution in [3.8, 4) is 0 Å². The standard InChI is InChI=1S/C18H22N6O2S2/c1-10-11(2)28-17-14(10)15-21-23-18(24(15)9-19-17)27-8-13(25)20-22-16(26)12-6-4-3-5-7-12/h9,12H,3-8H2,1-2H3,(H,20,25)(H,22,26). The molecule has 28 heavy (non-hydrogen) atoms. The predicted molar refractivity (Wildman–Crippen MR) is 109 cm³/mol. The van der Waals surface area contributed by atoms with Crippen molar-refractivity contribution in [3.05, 3.63) is 16.8 Å². The maximum atomic E-state index is 12.1. The van der Waals surface area contributed by atoms with Crippen LogP contribution >= 0.6 is 23.1 Å². The Morgan fingerprint density at radius 1 is 1.21 bits per heavy atom.